The fourth-order valence-corrected chi connectivity index (χ4v) is 13.6. The number of rotatable bonds is 10. The van der Waals surface area contributed by atoms with E-state index in [4.69, 9.17) is 0 Å². The molecule has 2 heterocycles. The SMILES string of the molecule is Cc1ccc(Sc2c(-c3ccccc3)n(S(=O)(=O)c3ccc(C)cc3)c3ccc(C)cc23)cc1.Cc1ccc(Sc2c(-c3ccccc3)n(S(=O)(=O)c3ccc(C)cc3)c3ccc(C)cc23)cc1. The van der Waals surface area contributed by atoms with Crippen molar-refractivity contribution in [1.29, 1.82) is 0 Å². The van der Waals surface area contributed by atoms with Crippen LogP contribution in [0.4, 0.5) is 0 Å². The highest BCUT2D eigenvalue weighted by molar-refractivity contribution is 8.00. The van der Waals surface area contributed by atoms with E-state index in [1.54, 1.807) is 47.8 Å². The first kappa shape index (κ1) is 46.5. The summed E-state index contributed by atoms with van der Waals surface area (Å²) in [5.74, 6) is 0. The number of aromatic nitrogens is 2. The van der Waals surface area contributed by atoms with E-state index >= 15 is 0 Å². The van der Waals surface area contributed by atoms with Crippen LogP contribution in [0.25, 0.3) is 44.3 Å². The second kappa shape index (κ2) is 19.2. The minimum Gasteiger partial charge on any atom is -0.232 e. The number of hydrogen-bond acceptors (Lipinski definition) is 6. The standard InChI is InChI=1S/2C29H25NO2S2/c2*1-20-9-14-24(15-10-20)33-29-26-19-22(3)13-18-27(26)30(28(29)23-7-5-4-6-8-23)34(31,32)25-16-11-21(2)12-17-25/h2*4-19H,1-3H3. The maximum atomic E-state index is 14.1. The minimum atomic E-state index is -3.85. The van der Waals surface area contributed by atoms with E-state index in [0.29, 0.717) is 22.4 Å². The molecule has 340 valence electrons. The lowest BCUT2D eigenvalue weighted by Gasteiger charge is -2.14. The topological polar surface area (TPSA) is 78.1 Å². The molecule has 2 aromatic heterocycles. The van der Waals surface area contributed by atoms with Gasteiger partial charge in [-0.05, 0) is 114 Å². The highest BCUT2D eigenvalue weighted by Gasteiger charge is 2.30. The van der Waals surface area contributed by atoms with Crippen molar-refractivity contribution in [2.45, 2.75) is 70.9 Å². The molecule has 0 spiro atoms. The third kappa shape index (κ3) is 9.34. The Bertz CT molecular complexity index is 3410. The summed E-state index contributed by atoms with van der Waals surface area (Å²) in [5.41, 5.74) is 11.0. The van der Waals surface area contributed by atoms with Crippen molar-refractivity contribution >= 4 is 65.4 Å². The molecule has 0 aliphatic heterocycles. The van der Waals surface area contributed by atoms with Gasteiger partial charge < -0.3 is 0 Å². The average molecular weight is 967 g/mol. The van der Waals surface area contributed by atoms with Gasteiger partial charge in [0, 0.05) is 41.5 Å². The zero-order chi connectivity index (χ0) is 47.7. The Hall–Kier alpha value is -6.56. The summed E-state index contributed by atoms with van der Waals surface area (Å²) in [5, 5.41) is 1.86. The van der Waals surface area contributed by atoms with Crippen molar-refractivity contribution in [3.05, 3.63) is 228 Å². The lowest BCUT2D eigenvalue weighted by molar-refractivity contribution is 0.587. The maximum absolute atomic E-state index is 14.1. The van der Waals surface area contributed by atoms with E-state index in [1.807, 2.05) is 137 Å². The van der Waals surface area contributed by atoms with Crippen LogP contribution in [0.5, 0.6) is 0 Å². The van der Waals surface area contributed by atoms with E-state index in [-0.39, 0.29) is 9.79 Å². The summed E-state index contributed by atoms with van der Waals surface area (Å²) in [6.07, 6.45) is 0. The molecule has 0 unspecified atom stereocenters. The molecule has 0 fully saturated rings. The van der Waals surface area contributed by atoms with E-state index in [0.717, 1.165) is 63.7 Å². The van der Waals surface area contributed by atoms with E-state index < -0.39 is 20.0 Å². The van der Waals surface area contributed by atoms with Gasteiger partial charge in [-0.25, -0.2) is 24.8 Å². The van der Waals surface area contributed by atoms with Crippen LogP contribution in [-0.4, -0.2) is 24.8 Å². The molecule has 0 aliphatic carbocycles. The summed E-state index contributed by atoms with van der Waals surface area (Å²) in [7, 11) is -7.70. The van der Waals surface area contributed by atoms with E-state index in [9.17, 15) is 16.8 Å². The van der Waals surface area contributed by atoms with Gasteiger partial charge in [0.15, 0.2) is 0 Å². The molecule has 0 N–H and O–H groups in total. The van der Waals surface area contributed by atoms with Gasteiger partial charge in [0.2, 0.25) is 0 Å². The molecule has 8 aromatic carbocycles. The van der Waals surface area contributed by atoms with Crippen LogP contribution in [0.3, 0.4) is 0 Å². The molecule has 0 bridgehead atoms. The van der Waals surface area contributed by atoms with Crippen LogP contribution >= 0.6 is 23.5 Å². The second-order valence-electron chi connectivity index (χ2n) is 17.1. The van der Waals surface area contributed by atoms with Gasteiger partial charge in [-0.15, -0.1) is 0 Å². The van der Waals surface area contributed by atoms with Crippen molar-refractivity contribution in [1.82, 2.24) is 7.94 Å². The van der Waals surface area contributed by atoms with Crippen LogP contribution in [-0.2, 0) is 20.0 Å². The van der Waals surface area contributed by atoms with Gasteiger partial charge in [-0.1, -0.05) is 178 Å². The highest BCUT2D eigenvalue weighted by Crippen LogP contribution is 2.47. The second-order valence-corrected chi connectivity index (χ2v) is 22.9. The number of fused-ring (bicyclic) bond motifs is 2. The summed E-state index contributed by atoms with van der Waals surface area (Å²) in [4.78, 5) is 4.56. The van der Waals surface area contributed by atoms with Crippen molar-refractivity contribution in [3.63, 3.8) is 0 Å². The van der Waals surface area contributed by atoms with Gasteiger partial charge in [-0.3, -0.25) is 0 Å². The van der Waals surface area contributed by atoms with Gasteiger partial charge in [-0.2, -0.15) is 0 Å². The van der Waals surface area contributed by atoms with Crippen molar-refractivity contribution in [2.75, 3.05) is 0 Å². The number of nitrogens with zero attached hydrogens (tertiary/aromatic N) is 2. The molecule has 10 rings (SSSR count). The van der Waals surface area contributed by atoms with E-state index in [2.05, 4.69) is 74.5 Å². The Kier molecular flexibility index (Phi) is 13.1. The number of aryl methyl sites for hydroxylation is 6. The molecule has 0 radical (unpaired) electrons. The quantitative estimate of drug-likeness (QED) is 0.136. The van der Waals surface area contributed by atoms with Crippen molar-refractivity contribution in [3.8, 4) is 22.5 Å². The maximum Gasteiger partial charge on any atom is 0.268 e. The molecule has 0 atom stereocenters. The van der Waals surface area contributed by atoms with Crippen LogP contribution in [0, 0.1) is 41.5 Å². The summed E-state index contributed by atoms with van der Waals surface area (Å²) in [6.45, 7) is 12.1. The Morgan fingerprint density at radius 1 is 0.338 bits per heavy atom. The van der Waals surface area contributed by atoms with Crippen LogP contribution < -0.4 is 0 Å². The molecular formula is C58H50N2O4S4. The Morgan fingerprint density at radius 3 is 0.956 bits per heavy atom. The Balaban J connectivity index is 0.000000170. The van der Waals surface area contributed by atoms with Gasteiger partial charge in [0.05, 0.1) is 32.2 Å². The van der Waals surface area contributed by atoms with E-state index in [1.165, 1.54) is 19.1 Å². The molecule has 0 amide bonds. The molecule has 10 heteroatoms. The predicted octanol–water partition coefficient (Wildman–Crippen LogP) is 15.2. The average Bonchev–Trinajstić information content (AvgIpc) is 3.83. The highest BCUT2D eigenvalue weighted by atomic mass is 32.2. The fraction of sp³-hybridized carbons (Fsp3) is 0.103. The van der Waals surface area contributed by atoms with Gasteiger partial charge >= 0.3 is 0 Å². The molecule has 10 aromatic rings. The van der Waals surface area contributed by atoms with Crippen LogP contribution in [0.1, 0.15) is 33.4 Å². The predicted molar refractivity (Wildman–Crippen MR) is 282 cm³/mol. The summed E-state index contributed by atoms with van der Waals surface area (Å²) in [6, 6.07) is 62.3. The molecule has 0 aliphatic rings. The van der Waals surface area contributed by atoms with Crippen molar-refractivity contribution < 1.29 is 16.8 Å². The van der Waals surface area contributed by atoms with Crippen LogP contribution in [0.15, 0.2) is 223 Å². The third-order valence-corrected chi connectivity index (χ3v) is 17.5. The molecule has 68 heavy (non-hydrogen) atoms. The fourth-order valence-electron chi connectivity index (χ4n) is 8.17. The first-order chi connectivity index (χ1) is 32.7. The van der Waals surface area contributed by atoms with Crippen molar-refractivity contribution in [2.24, 2.45) is 0 Å². The first-order valence-corrected chi connectivity index (χ1v) is 26.7. The first-order valence-electron chi connectivity index (χ1n) is 22.2. The summed E-state index contributed by atoms with van der Waals surface area (Å²) < 4.78 is 59.5. The lowest BCUT2D eigenvalue weighted by Crippen LogP contribution is -2.14. The largest absolute Gasteiger partial charge is 0.268 e. The summed E-state index contributed by atoms with van der Waals surface area (Å²) >= 11 is 3.21. The Morgan fingerprint density at radius 2 is 0.632 bits per heavy atom. The molecule has 0 saturated carbocycles. The van der Waals surface area contributed by atoms with Crippen LogP contribution in [0.2, 0.25) is 0 Å². The normalized spacial score (nSPS) is 11.7. The Labute approximate surface area is 408 Å². The smallest absolute Gasteiger partial charge is 0.232 e. The number of benzene rings is 8. The van der Waals surface area contributed by atoms with Gasteiger partial charge in [0.1, 0.15) is 0 Å². The zero-order valence-corrected chi connectivity index (χ0v) is 41.9. The minimum absolute atomic E-state index is 0.277. The molecular weight excluding hydrogens is 917 g/mol. The zero-order valence-electron chi connectivity index (χ0n) is 38.6. The monoisotopic (exact) mass is 966 g/mol. The molecule has 6 nitrogen and oxygen atoms in total. The molecule has 0 saturated heterocycles. The number of hydrogen-bond donors (Lipinski definition) is 0. The van der Waals surface area contributed by atoms with Gasteiger partial charge in [0.25, 0.3) is 20.0 Å². The lowest BCUT2D eigenvalue weighted by atomic mass is 10.1. The third-order valence-electron chi connectivity index (χ3n) is 11.8.